The molecule has 25 heteroatoms. The third kappa shape index (κ3) is 18.1. The van der Waals surface area contributed by atoms with Gasteiger partial charge < -0.3 is 18.9 Å². The van der Waals surface area contributed by atoms with Gasteiger partial charge >= 0.3 is 5.97 Å². The second-order valence-electron chi connectivity index (χ2n) is 11.6. The molecule has 1 aliphatic heterocycles. The lowest BCUT2D eigenvalue weighted by molar-refractivity contribution is -0.145. The van der Waals surface area contributed by atoms with Gasteiger partial charge in [-0.15, -0.1) is 80.4 Å². The molecule has 1 heterocycles. The zero-order valence-electron chi connectivity index (χ0n) is 29.0. The first-order valence-electron chi connectivity index (χ1n) is 15.8. The van der Waals surface area contributed by atoms with Gasteiger partial charge in [-0.1, -0.05) is 25.8 Å². The third-order valence-corrected chi connectivity index (χ3v) is 106. The normalized spacial score (nSPS) is 21.4. The van der Waals surface area contributed by atoms with Crippen molar-refractivity contribution in [3.8, 4) is 11.5 Å². The fraction of sp³-hybridized carbons (Fsp3) is 0.720. The maximum Gasteiger partial charge on any atom is 0.321 e. The number of nitrogens with zero attached hydrogens (tertiary/aromatic N) is 1. The van der Waals surface area contributed by atoms with Gasteiger partial charge in [0.15, 0.2) is 21.3 Å². The van der Waals surface area contributed by atoms with E-state index in [-0.39, 0.29) is 66.9 Å². The minimum atomic E-state index is -3.38. The van der Waals surface area contributed by atoms with Crippen LogP contribution in [-0.2, 0) is 30.5 Å². The predicted molar refractivity (Wildman–Crippen MR) is 266 cm³/mol. The zero-order valence-corrected chi connectivity index (χ0v) is 46.5. The molecule has 2 aliphatic rings. The Balaban J connectivity index is 0.000000457. The minimum Gasteiger partial charge on any atom is -0.493 e. The van der Waals surface area contributed by atoms with Crippen molar-refractivity contribution < 1.29 is 32.2 Å². The topological polar surface area (TPSA) is 91.4 Å². The highest BCUT2D eigenvalue weighted by Crippen LogP contribution is 3.24. The van der Waals surface area contributed by atoms with Gasteiger partial charge in [0, 0.05) is 19.1 Å². The van der Waals surface area contributed by atoms with Crippen molar-refractivity contribution in [1.82, 2.24) is 4.90 Å². The van der Waals surface area contributed by atoms with Crippen LogP contribution >= 0.6 is 129 Å². The molecule has 0 N–H and O–H groups in total. The highest BCUT2D eigenvalue weighted by Gasteiger charge is 2.37. The van der Waals surface area contributed by atoms with Crippen molar-refractivity contribution >= 4 is 145 Å². The zero-order chi connectivity index (χ0) is 37.6. The third-order valence-electron chi connectivity index (χ3n) is 7.83. The number of hydrogen-bond donors (Lipinski definition) is 0. The largest absolute Gasteiger partial charge is 0.493 e. The standard InChI is InChI=1S/C25H39NO7S.H18P16/c1-4-15-34(28,29)18-25(27)33-20-11-13-26(17-20)21-7-5-6-8-22(21)32-14-12-19-9-10-23(30-2)24(16-19)31-3;1-10(2)14(9)16(13(7)8)15(11(3)4)12(5)6/h9-10,16,20-22H,4-8,11-15,17-18H2,1-3H3;1-9H2/t20-,21-,22-;/m1./s1. The summed E-state index contributed by atoms with van der Waals surface area (Å²) in [4.78, 5) is 14.5. The van der Waals surface area contributed by atoms with Crippen LogP contribution in [0.5, 0.6) is 11.5 Å². The van der Waals surface area contributed by atoms with Crippen molar-refractivity contribution in [2.24, 2.45) is 0 Å². The van der Waals surface area contributed by atoms with Crippen LogP contribution in [0.15, 0.2) is 18.2 Å². The van der Waals surface area contributed by atoms with Gasteiger partial charge in [0.2, 0.25) is 0 Å². The van der Waals surface area contributed by atoms with Crippen molar-refractivity contribution in [1.29, 1.82) is 0 Å². The molecule has 0 spiro atoms. The predicted octanol–water partition coefficient (Wildman–Crippen LogP) is 12.0. The fourth-order valence-electron chi connectivity index (χ4n) is 5.66. The molecule has 1 aliphatic carbocycles. The van der Waals surface area contributed by atoms with Gasteiger partial charge in [0.1, 0.15) is 11.9 Å². The summed E-state index contributed by atoms with van der Waals surface area (Å²) >= 11 is 0. The Bertz CT molecular complexity index is 1260. The number of carbonyl (C=O) groups is 1. The Morgan fingerprint density at radius 2 is 1.48 bits per heavy atom. The summed E-state index contributed by atoms with van der Waals surface area (Å²) in [5.74, 6) is 0.292. The summed E-state index contributed by atoms with van der Waals surface area (Å²) in [5, 5.41) is 0. The average molecular weight is 1010 g/mol. The summed E-state index contributed by atoms with van der Waals surface area (Å²) in [5.41, 5.74) is 1.14. The summed E-state index contributed by atoms with van der Waals surface area (Å²) in [6.07, 6.45) is 6.31. The van der Waals surface area contributed by atoms with Crippen molar-refractivity contribution in [2.45, 2.75) is 70.1 Å². The quantitative estimate of drug-likeness (QED) is 0.106. The van der Waals surface area contributed by atoms with E-state index >= 15 is 0 Å². The second-order valence-corrected chi connectivity index (χ2v) is 75.6. The summed E-state index contributed by atoms with van der Waals surface area (Å²) < 4.78 is 46.4. The van der Waals surface area contributed by atoms with Crippen LogP contribution in [0.2, 0.25) is 0 Å². The minimum absolute atomic E-state index is 0.0172. The van der Waals surface area contributed by atoms with E-state index in [0.29, 0.717) is 31.4 Å². The molecule has 14 atom stereocenters. The number of esters is 1. The average Bonchev–Trinajstić information content (AvgIpc) is 3.50. The molecular formula is C25H57NO7P16S. The number of methoxy groups -OCH3 is 2. The van der Waals surface area contributed by atoms with Gasteiger partial charge in [0.25, 0.3) is 0 Å². The van der Waals surface area contributed by atoms with Crippen LogP contribution in [0.1, 0.15) is 51.0 Å². The van der Waals surface area contributed by atoms with E-state index in [1.807, 2.05) is 18.2 Å². The SMILES string of the molecule is CCCS(=O)(=O)CC(=O)O[C@@H]1CCN([C@@H]2CCCC[C@H]2OCCc2ccc(OC)c(OC)c2)C1.PP(P)P(P)P(P(P)P)P(P(P)P)P(P)P. The van der Waals surface area contributed by atoms with E-state index in [4.69, 9.17) is 18.9 Å². The number of hydrogen-bond acceptors (Lipinski definition) is 8. The lowest BCUT2D eigenvalue weighted by atomic mass is 9.91. The van der Waals surface area contributed by atoms with E-state index in [2.05, 4.69) is 85.3 Å². The number of carbonyl (C=O) groups excluding carboxylic acids is 1. The Morgan fingerprint density at radius 1 is 0.860 bits per heavy atom. The summed E-state index contributed by atoms with van der Waals surface area (Å²) in [7, 11) is 27.7. The van der Waals surface area contributed by atoms with Crippen molar-refractivity contribution in [2.75, 3.05) is 45.4 Å². The highest BCUT2D eigenvalue weighted by molar-refractivity contribution is 9.30. The number of benzene rings is 1. The Labute approximate surface area is 330 Å². The molecule has 0 radical (unpaired) electrons. The van der Waals surface area contributed by atoms with Gasteiger partial charge in [-0.2, -0.15) is 0 Å². The van der Waals surface area contributed by atoms with E-state index < -0.39 is 21.6 Å². The molecule has 50 heavy (non-hydrogen) atoms. The number of likely N-dealkylation sites (tertiary alicyclic amines) is 1. The molecule has 0 aromatic heterocycles. The maximum atomic E-state index is 12.1. The van der Waals surface area contributed by atoms with E-state index in [0.717, 1.165) is 56.4 Å². The first-order chi connectivity index (χ1) is 23.5. The van der Waals surface area contributed by atoms with Crippen LogP contribution in [0, 0.1) is 0 Å². The molecule has 1 saturated carbocycles. The van der Waals surface area contributed by atoms with Crippen molar-refractivity contribution in [3.63, 3.8) is 0 Å². The summed E-state index contributed by atoms with van der Waals surface area (Å²) in [6, 6.07) is 6.23. The molecule has 1 saturated heterocycles. The van der Waals surface area contributed by atoms with Crippen LogP contribution in [0.4, 0.5) is 0 Å². The van der Waals surface area contributed by atoms with Gasteiger partial charge in [-0.25, -0.2) is 8.42 Å². The molecule has 11 unspecified atom stereocenters. The lowest BCUT2D eigenvalue weighted by Crippen LogP contribution is -2.46. The monoisotopic (exact) mass is 1010 g/mol. The molecule has 3 rings (SSSR count). The number of ether oxygens (including phenoxy) is 4. The highest BCUT2D eigenvalue weighted by atomic mass is 33.4. The molecule has 0 bridgehead atoms. The second kappa shape index (κ2) is 27.0. The summed E-state index contributed by atoms with van der Waals surface area (Å²) in [6.45, 7) is 4.62. The molecule has 2 fully saturated rings. The van der Waals surface area contributed by atoms with Gasteiger partial charge in [0.05, 0.1) is 32.7 Å². The molecule has 290 valence electrons. The molecule has 8 nitrogen and oxygen atoms in total. The molecule has 1 aromatic carbocycles. The van der Waals surface area contributed by atoms with E-state index in [9.17, 15) is 13.2 Å². The first kappa shape index (κ1) is 51.2. The van der Waals surface area contributed by atoms with E-state index in [1.165, 1.54) is 0 Å². The fourth-order valence-corrected chi connectivity index (χ4v) is 171. The Morgan fingerprint density at radius 3 is 2.04 bits per heavy atom. The maximum absolute atomic E-state index is 12.1. The number of rotatable bonds is 18. The van der Waals surface area contributed by atoms with Crippen LogP contribution in [0.25, 0.3) is 0 Å². The molecular weight excluding hydrogens is 954 g/mol. The Hall–Kier alpha value is 5.04. The molecule has 1 aromatic rings. The first-order valence-corrected chi connectivity index (χ1v) is 45.8. The van der Waals surface area contributed by atoms with Crippen LogP contribution < -0.4 is 9.47 Å². The van der Waals surface area contributed by atoms with E-state index in [1.54, 1.807) is 21.1 Å². The molecule has 0 amide bonds. The lowest BCUT2D eigenvalue weighted by Gasteiger charge is -2.40. The van der Waals surface area contributed by atoms with Gasteiger partial charge in [-0.05, 0) is 98.7 Å². The Kier molecular flexibility index (Phi) is 27.6. The van der Waals surface area contributed by atoms with Crippen LogP contribution in [-0.4, -0.2) is 83.0 Å². The van der Waals surface area contributed by atoms with Crippen LogP contribution in [0.3, 0.4) is 0 Å². The van der Waals surface area contributed by atoms with Gasteiger partial charge in [-0.3, -0.25) is 9.69 Å². The number of sulfone groups is 1. The smallest absolute Gasteiger partial charge is 0.321 e. The van der Waals surface area contributed by atoms with Crippen molar-refractivity contribution in [3.05, 3.63) is 23.8 Å².